The number of aryl methyl sites for hydroxylation is 2. The summed E-state index contributed by atoms with van der Waals surface area (Å²) in [4.78, 5) is 0. The topological polar surface area (TPSA) is 29.5 Å². The summed E-state index contributed by atoms with van der Waals surface area (Å²) >= 11 is 0. The third kappa shape index (κ3) is 3.17. The summed E-state index contributed by atoms with van der Waals surface area (Å²) in [5, 5.41) is 10.3. The van der Waals surface area contributed by atoms with Gasteiger partial charge in [-0.05, 0) is 48.2 Å². The highest BCUT2D eigenvalue weighted by Crippen LogP contribution is 2.24. The first-order chi connectivity index (χ1) is 9.51. The van der Waals surface area contributed by atoms with Gasteiger partial charge in [0.05, 0.1) is 13.2 Å². The molecule has 2 rings (SSSR count). The lowest BCUT2D eigenvalue weighted by atomic mass is 9.98. The highest BCUT2D eigenvalue weighted by atomic mass is 19.1. The zero-order valence-electron chi connectivity index (χ0n) is 12.0. The van der Waals surface area contributed by atoms with Crippen LogP contribution in [0.4, 0.5) is 4.39 Å². The highest BCUT2D eigenvalue weighted by molar-refractivity contribution is 5.33. The maximum Gasteiger partial charge on any atom is 0.165 e. The van der Waals surface area contributed by atoms with E-state index in [2.05, 4.69) is 0 Å². The molecule has 0 aliphatic carbocycles. The molecule has 0 saturated carbocycles. The summed E-state index contributed by atoms with van der Waals surface area (Å²) in [7, 11) is 1.43. The van der Waals surface area contributed by atoms with Gasteiger partial charge >= 0.3 is 0 Å². The molecule has 0 fully saturated rings. The molecule has 0 aliphatic heterocycles. The second kappa shape index (κ2) is 6.06. The van der Waals surface area contributed by atoms with Crippen molar-refractivity contribution >= 4 is 0 Å². The number of hydrogen-bond acceptors (Lipinski definition) is 2. The van der Waals surface area contributed by atoms with Gasteiger partial charge in [-0.3, -0.25) is 0 Å². The first-order valence-corrected chi connectivity index (χ1v) is 6.59. The van der Waals surface area contributed by atoms with E-state index in [1.165, 1.54) is 18.7 Å². The highest BCUT2D eigenvalue weighted by Gasteiger charge is 2.11. The Balaban J connectivity index is 2.16. The van der Waals surface area contributed by atoms with Crippen molar-refractivity contribution in [1.29, 1.82) is 0 Å². The Morgan fingerprint density at radius 2 is 1.85 bits per heavy atom. The fraction of sp³-hybridized carbons (Fsp3) is 0.294. The second-order valence-corrected chi connectivity index (χ2v) is 5.03. The molecule has 1 N–H and O–H groups in total. The molecule has 0 amide bonds. The van der Waals surface area contributed by atoms with Crippen molar-refractivity contribution in [1.82, 2.24) is 0 Å². The van der Waals surface area contributed by atoms with Gasteiger partial charge in [0, 0.05) is 6.42 Å². The molecule has 0 spiro atoms. The largest absolute Gasteiger partial charge is 0.494 e. The van der Waals surface area contributed by atoms with Crippen molar-refractivity contribution in [2.24, 2.45) is 0 Å². The Bertz CT molecular complexity index is 608. The van der Waals surface area contributed by atoms with Crippen molar-refractivity contribution in [2.75, 3.05) is 7.11 Å². The quantitative estimate of drug-likeness (QED) is 0.920. The van der Waals surface area contributed by atoms with E-state index >= 15 is 0 Å². The minimum Gasteiger partial charge on any atom is -0.494 e. The van der Waals surface area contributed by atoms with Crippen LogP contribution in [0.2, 0.25) is 0 Å². The smallest absolute Gasteiger partial charge is 0.165 e. The number of benzene rings is 2. The molecule has 0 bridgehead atoms. The molecule has 0 aromatic heterocycles. The van der Waals surface area contributed by atoms with Crippen LogP contribution in [0.5, 0.6) is 5.75 Å². The van der Waals surface area contributed by atoms with E-state index in [1.54, 1.807) is 12.1 Å². The normalized spacial score (nSPS) is 12.2. The van der Waals surface area contributed by atoms with Crippen LogP contribution < -0.4 is 4.74 Å². The third-order valence-corrected chi connectivity index (χ3v) is 3.56. The van der Waals surface area contributed by atoms with Crippen LogP contribution in [-0.2, 0) is 6.42 Å². The van der Waals surface area contributed by atoms with Crippen molar-refractivity contribution in [3.63, 3.8) is 0 Å². The summed E-state index contributed by atoms with van der Waals surface area (Å²) in [5.41, 5.74) is 3.93. The number of rotatable bonds is 4. The van der Waals surface area contributed by atoms with Gasteiger partial charge < -0.3 is 9.84 Å². The summed E-state index contributed by atoms with van der Waals surface area (Å²) in [6.45, 7) is 4.04. The number of aliphatic hydroxyl groups is 1. The van der Waals surface area contributed by atoms with Gasteiger partial charge in [0.25, 0.3) is 0 Å². The molecule has 2 aromatic carbocycles. The molecule has 1 atom stereocenters. The van der Waals surface area contributed by atoms with Crippen LogP contribution in [0.1, 0.15) is 28.4 Å². The van der Waals surface area contributed by atoms with Gasteiger partial charge in [0.2, 0.25) is 0 Å². The zero-order valence-corrected chi connectivity index (χ0v) is 12.0. The molecule has 1 unspecified atom stereocenters. The molecule has 20 heavy (non-hydrogen) atoms. The molecule has 106 valence electrons. The first-order valence-electron chi connectivity index (χ1n) is 6.59. The molecule has 0 radical (unpaired) electrons. The summed E-state index contributed by atoms with van der Waals surface area (Å²) in [6.07, 6.45) is -0.259. The van der Waals surface area contributed by atoms with Crippen molar-refractivity contribution in [3.05, 3.63) is 64.5 Å². The lowest BCUT2D eigenvalue weighted by Gasteiger charge is -2.13. The lowest BCUT2D eigenvalue weighted by molar-refractivity contribution is 0.178. The van der Waals surface area contributed by atoms with Gasteiger partial charge in [0.1, 0.15) is 0 Å². The molecular formula is C17H19FO2. The Labute approximate surface area is 118 Å². The SMILES string of the molecule is COc1ccc(CC(O)c2ccc(C)c(C)c2)cc1F. The molecule has 2 aromatic rings. The van der Waals surface area contributed by atoms with Crippen molar-refractivity contribution < 1.29 is 14.2 Å². The zero-order chi connectivity index (χ0) is 14.7. The van der Waals surface area contributed by atoms with Crippen LogP contribution in [0.3, 0.4) is 0 Å². The minimum atomic E-state index is -0.637. The van der Waals surface area contributed by atoms with E-state index in [0.717, 1.165) is 16.7 Å². The van der Waals surface area contributed by atoms with E-state index in [1.807, 2.05) is 32.0 Å². The average Bonchev–Trinajstić information content (AvgIpc) is 2.42. The lowest BCUT2D eigenvalue weighted by Crippen LogP contribution is -2.03. The summed E-state index contributed by atoms with van der Waals surface area (Å²) < 4.78 is 18.5. The molecule has 0 aliphatic rings. The fourth-order valence-corrected chi connectivity index (χ4v) is 2.15. The van der Waals surface area contributed by atoms with Crippen molar-refractivity contribution in [2.45, 2.75) is 26.4 Å². The predicted molar refractivity (Wildman–Crippen MR) is 77.5 cm³/mol. The van der Waals surface area contributed by atoms with Crippen LogP contribution in [0.25, 0.3) is 0 Å². The third-order valence-electron chi connectivity index (χ3n) is 3.56. The van der Waals surface area contributed by atoms with Crippen LogP contribution in [0.15, 0.2) is 36.4 Å². The van der Waals surface area contributed by atoms with Crippen LogP contribution in [0, 0.1) is 19.7 Å². The van der Waals surface area contributed by atoms with Gasteiger partial charge in [-0.2, -0.15) is 0 Å². The fourth-order valence-electron chi connectivity index (χ4n) is 2.15. The van der Waals surface area contributed by atoms with Gasteiger partial charge in [0.15, 0.2) is 11.6 Å². The molecule has 3 heteroatoms. The van der Waals surface area contributed by atoms with E-state index < -0.39 is 11.9 Å². The Morgan fingerprint density at radius 3 is 2.45 bits per heavy atom. The number of methoxy groups -OCH3 is 1. The maximum absolute atomic E-state index is 13.6. The predicted octanol–water partition coefficient (Wildman–Crippen LogP) is 3.73. The number of ether oxygens (including phenoxy) is 1. The standard InChI is InChI=1S/C17H19FO2/c1-11-4-6-14(8-12(11)2)16(19)10-13-5-7-17(20-3)15(18)9-13/h4-9,16,19H,10H2,1-3H3. The first kappa shape index (κ1) is 14.5. The Hall–Kier alpha value is -1.87. The maximum atomic E-state index is 13.6. The van der Waals surface area contributed by atoms with Crippen molar-refractivity contribution in [3.8, 4) is 5.75 Å². The van der Waals surface area contributed by atoms with Gasteiger partial charge in [-0.25, -0.2) is 4.39 Å². The number of hydrogen-bond donors (Lipinski definition) is 1. The Kier molecular flexibility index (Phi) is 4.40. The van der Waals surface area contributed by atoms with E-state index in [9.17, 15) is 9.50 Å². The van der Waals surface area contributed by atoms with Crippen LogP contribution >= 0.6 is 0 Å². The minimum absolute atomic E-state index is 0.217. The van der Waals surface area contributed by atoms with E-state index in [-0.39, 0.29) is 5.75 Å². The number of aliphatic hydroxyl groups excluding tert-OH is 1. The molecular weight excluding hydrogens is 255 g/mol. The Morgan fingerprint density at radius 1 is 1.10 bits per heavy atom. The molecule has 0 heterocycles. The van der Waals surface area contributed by atoms with Gasteiger partial charge in [-0.15, -0.1) is 0 Å². The number of halogens is 1. The van der Waals surface area contributed by atoms with Crippen LogP contribution in [-0.4, -0.2) is 12.2 Å². The monoisotopic (exact) mass is 274 g/mol. The van der Waals surface area contributed by atoms with E-state index in [4.69, 9.17) is 4.74 Å². The van der Waals surface area contributed by atoms with Gasteiger partial charge in [-0.1, -0.05) is 24.3 Å². The second-order valence-electron chi connectivity index (χ2n) is 5.03. The average molecular weight is 274 g/mol. The van der Waals surface area contributed by atoms with E-state index in [0.29, 0.717) is 6.42 Å². The summed E-state index contributed by atoms with van der Waals surface area (Å²) in [5.74, 6) is -0.188. The molecule has 0 saturated heterocycles. The summed E-state index contributed by atoms with van der Waals surface area (Å²) in [6, 6.07) is 10.6. The molecule has 2 nitrogen and oxygen atoms in total.